The van der Waals surface area contributed by atoms with Gasteiger partial charge in [-0.15, -0.1) is 0 Å². The van der Waals surface area contributed by atoms with Crippen molar-refractivity contribution in [2.24, 2.45) is 0 Å². The molecule has 0 aliphatic carbocycles. The topological polar surface area (TPSA) is 64.5 Å². The summed E-state index contributed by atoms with van der Waals surface area (Å²) in [5, 5.41) is 0.318. The van der Waals surface area contributed by atoms with Crippen LogP contribution in [0.5, 0.6) is 5.75 Å². The van der Waals surface area contributed by atoms with Gasteiger partial charge in [0.25, 0.3) is 0 Å². The molecule has 162 valence electrons. The van der Waals surface area contributed by atoms with E-state index in [4.69, 9.17) is 21.1 Å². The number of hydrogen-bond donors (Lipinski definition) is 0. The molecule has 0 bridgehead atoms. The average Bonchev–Trinajstić information content (AvgIpc) is 2.67. The number of nitrogens with zero attached hydrogens (tertiary/aromatic N) is 3. The van der Waals surface area contributed by atoms with Gasteiger partial charge in [0.2, 0.25) is 0 Å². The van der Waals surface area contributed by atoms with Gasteiger partial charge in [0, 0.05) is 0 Å². The van der Waals surface area contributed by atoms with Crippen molar-refractivity contribution in [2.45, 2.75) is 50.6 Å². The summed E-state index contributed by atoms with van der Waals surface area (Å²) >= 11 is 5.91. The van der Waals surface area contributed by atoms with Crippen LogP contribution in [0.4, 0.5) is 9.18 Å². The molecule has 1 aromatic carbocycles. The predicted molar refractivity (Wildman–Crippen MR) is 114 cm³/mol. The fourth-order valence-corrected chi connectivity index (χ4v) is 5.34. The van der Waals surface area contributed by atoms with Crippen LogP contribution in [-0.2, 0) is 11.3 Å². The number of ether oxygens (including phenoxy) is 2. The molecular formula is C21H25ClFN3O3Se. The van der Waals surface area contributed by atoms with E-state index in [2.05, 4.69) is 9.97 Å². The number of carbonyl (C=O) groups is 1. The number of rotatable bonds is 5. The summed E-state index contributed by atoms with van der Waals surface area (Å²) in [5.41, 5.74) is -0.480. The van der Waals surface area contributed by atoms with Crippen LogP contribution in [0.1, 0.15) is 39.4 Å². The number of piperidine rings is 1. The van der Waals surface area contributed by atoms with Crippen molar-refractivity contribution in [2.75, 3.05) is 13.1 Å². The zero-order valence-corrected chi connectivity index (χ0v) is 19.7. The molecule has 2 aromatic rings. The monoisotopic (exact) mass is 501 g/mol. The van der Waals surface area contributed by atoms with Gasteiger partial charge in [0.05, 0.1) is 0 Å². The van der Waals surface area contributed by atoms with Gasteiger partial charge >= 0.3 is 187 Å². The molecule has 1 saturated heterocycles. The SMILES string of the molecule is CC(C)(C)OC(=O)N1CCC([Se]c2ccnc(COc3ccc(Cl)cc3F)n2)CC1. The first-order valence-corrected chi connectivity index (χ1v) is 12.0. The van der Waals surface area contributed by atoms with E-state index in [-0.39, 0.29) is 33.4 Å². The molecule has 1 amide bonds. The Balaban J connectivity index is 1.50. The maximum absolute atomic E-state index is 13.8. The van der Waals surface area contributed by atoms with E-state index in [1.165, 1.54) is 12.1 Å². The van der Waals surface area contributed by atoms with Crippen LogP contribution in [-0.4, -0.2) is 54.6 Å². The first kappa shape index (κ1) is 22.8. The third-order valence-electron chi connectivity index (χ3n) is 4.31. The van der Waals surface area contributed by atoms with Crippen LogP contribution in [0.15, 0.2) is 30.5 Å². The molecule has 3 rings (SSSR count). The Morgan fingerprint density at radius 1 is 1.30 bits per heavy atom. The van der Waals surface area contributed by atoms with E-state index in [1.807, 2.05) is 26.8 Å². The molecule has 0 unspecified atom stereocenters. The van der Waals surface area contributed by atoms with E-state index in [0.717, 1.165) is 17.4 Å². The summed E-state index contributed by atoms with van der Waals surface area (Å²) in [6.45, 7) is 7.09. The Bertz CT molecular complexity index is 886. The summed E-state index contributed by atoms with van der Waals surface area (Å²) in [5.74, 6) is 0.114. The van der Waals surface area contributed by atoms with Crippen LogP contribution in [0.3, 0.4) is 0 Å². The second-order valence-electron chi connectivity index (χ2n) is 7.96. The summed E-state index contributed by atoms with van der Waals surface area (Å²) in [6.07, 6.45) is 3.30. The van der Waals surface area contributed by atoms with Crippen molar-refractivity contribution in [1.29, 1.82) is 0 Å². The molecule has 1 fully saturated rings. The van der Waals surface area contributed by atoms with Gasteiger partial charge in [-0.25, -0.2) is 0 Å². The van der Waals surface area contributed by atoms with E-state index in [9.17, 15) is 9.18 Å². The van der Waals surface area contributed by atoms with E-state index >= 15 is 0 Å². The van der Waals surface area contributed by atoms with E-state index < -0.39 is 11.4 Å². The number of hydrogen-bond acceptors (Lipinski definition) is 5. The third kappa shape index (κ3) is 6.83. The molecule has 1 aliphatic rings. The van der Waals surface area contributed by atoms with Crippen molar-refractivity contribution >= 4 is 37.2 Å². The average molecular weight is 501 g/mol. The van der Waals surface area contributed by atoms with Crippen molar-refractivity contribution in [3.8, 4) is 5.75 Å². The summed E-state index contributed by atoms with van der Waals surface area (Å²) in [4.78, 5) is 23.3. The van der Waals surface area contributed by atoms with Crippen molar-refractivity contribution < 1.29 is 18.7 Å². The van der Waals surface area contributed by atoms with Gasteiger partial charge in [0.1, 0.15) is 0 Å². The molecule has 1 aromatic heterocycles. The van der Waals surface area contributed by atoms with Crippen molar-refractivity contribution in [3.05, 3.63) is 47.1 Å². The van der Waals surface area contributed by atoms with Gasteiger partial charge in [-0.1, -0.05) is 0 Å². The van der Waals surface area contributed by atoms with Crippen LogP contribution in [0.2, 0.25) is 9.84 Å². The molecule has 0 spiro atoms. The first-order chi connectivity index (χ1) is 14.2. The quantitative estimate of drug-likeness (QED) is 0.581. The number of benzene rings is 1. The van der Waals surface area contributed by atoms with Crippen molar-refractivity contribution in [1.82, 2.24) is 14.9 Å². The van der Waals surface area contributed by atoms with Crippen LogP contribution in [0.25, 0.3) is 0 Å². The third-order valence-corrected chi connectivity index (χ3v) is 7.22. The molecule has 1 aliphatic heterocycles. The summed E-state index contributed by atoms with van der Waals surface area (Å²) in [6, 6.07) is 6.18. The number of amides is 1. The standard InChI is InChI=1S/C21H25ClFN3O3Se/c1-21(2,3)29-20(27)26-10-7-15(8-11-26)30-19-6-9-24-18(25-19)13-28-17-5-4-14(22)12-16(17)23/h4-6,9,12,15H,7-8,10-11,13H2,1-3H3. The van der Waals surface area contributed by atoms with Gasteiger partial charge in [-0.05, 0) is 0 Å². The Morgan fingerprint density at radius 2 is 2.03 bits per heavy atom. The Hall–Kier alpha value is -1.89. The van der Waals surface area contributed by atoms with Crippen LogP contribution in [0, 0.1) is 5.82 Å². The first-order valence-electron chi connectivity index (χ1n) is 9.74. The van der Waals surface area contributed by atoms with Gasteiger partial charge < -0.3 is 0 Å². The molecule has 0 saturated carbocycles. The van der Waals surface area contributed by atoms with Gasteiger partial charge in [-0.2, -0.15) is 0 Å². The molecule has 6 nitrogen and oxygen atoms in total. The number of likely N-dealkylation sites (tertiary alicyclic amines) is 1. The number of aromatic nitrogens is 2. The Morgan fingerprint density at radius 3 is 2.70 bits per heavy atom. The fourth-order valence-electron chi connectivity index (χ4n) is 2.90. The Kier molecular flexibility index (Phi) is 7.55. The van der Waals surface area contributed by atoms with Gasteiger partial charge in [0.15, 0.2) is 0 Å². The number of halogens is 2. The summed E-state index contributed by atoms with van der Waals surface area (Å²) < 4.78 is 25.8. The van der Waals surface area contributed by atoms with Gasteiger partial charge in [-0.3, -0.25) is 0 Å². The molecule has 0 radical (unpaired) electrons. The number of carbonyl (C=O) groups excluding carboxylic acids is 1. The second-order valence-corrected chi connectivity index (χ2v) is 11.2. The fraction of sp³-hybridized carbons (Fsp3) is 0.476. The van der Waals surface area contributed by atoms with E-state index in [0.29, 0.717) is 28.8 Å². The zero-order chi connectivity index (χ0) is 21.7. The van der Waals surface area contributed by atoms with Crippen molar-refractivity contribution in [3.63, 3.8) is 0 Å². The molecule has 0 N–H and O–H groups in total. The maximum atomic E-state index is 13.8. The normalized spacial score (nSPS) is 15.2. The minimum absolute atomic E-state index is 0.0829. The molecule has 2 heterocycles. The van der Waals surface area contributed by atoms with Crippen LogP contribution >= 0.6 is 11.6 Å². The second kappa shape index (κ2) is 9.94. The minimum atomic E-state index is -0.514. The molecule has 0 atom stereocenters. The molecule has 9 heteroatoms. The predicted octanol–water partition coefficient (Wildman–Crippen LogP) is 4.00. The van der Waals surface area contributed by atoms with Crippen LogP contribution < -0.4 is 9.33 Å². The molecule has 30 heavy (non-hydrogen) atoms. The van der Waals surface area contributed by atoms with E-state index in [1.54, 1.807) is 17.2 Å². The Labute approximate surface area is 187 Å². The molecular weight excluding hydrogens is 476 g/mol. The zero-order valence-electron chi connectivity index (χ0n) is 17.2. The summed E-state index contributed by atoms with van der Waals surface area (Å²) in [7, 11) is 0.